The molecule has 1 atom stereocenters. The molecule has 0 fully saturated rings. The predicted molar refractivity (Wildman–Crippen MR) is 144 cm³/mol. The number of nitrogens with zero attached hydrogens (tertiary/aromatic N) is 3. The first kappa shape index (κ1) is 26.4. The van der Waals surface area contributed by atoms with Gasteiger partial charge < -0.3 is 24.6 Å². The lowest BCUT2D eigenvalue weighted by molar-refractivity contribution is 0.0754. The minimum absolute atomic E-state index is 0. The van der Waals surface area contributed by atoms with Crippen LogP contribution >= 0.6 is 13.5 Å². The van der Waals surface area contributed by atoms with Gasteiger partial charge >= 0.3 is 0 Å². The van der Waals surface area contributed by atoms with Crippen LogP contribution in [-0.2, 0) is 6.54 Å². The zero-order valence-electron chi connectivity index (χ0n) is 20.5. The van der Waals surface area contributed by atoms with Gasteiger partial charge in [0.2, 0.25) is 5.88 Å². The molecule has 0 saturated carbocycles. The number of amides is 1. The lowest BCUT2D eigenvalue weighted by Gasteiger charge is -2.22. The van der Waals surface area contributed by atoms with Gasteiger partial charge in [0.15, 0.2) is 0 Å². The second-order valence-corrected chi connectivity index (χ2v) is 8.45. The summed E-state index contributed by atoms with van der Waals surface area (Å²) in [6.07, 6.45) is 2.45. The van der Waals surface area contributed by atoms with Crippen molar-refractivity contribution in [2.24, 2.45) is 0 Å². The largest absolute Gasteiger partial charge is 0.486 e. The van der Waals surface area contributed by atoms with E-state index in [4.69, 9.17) is 9.47 Å². The number of fused-ring (bicyclic) bond motifs is 1. The molecule has 0 bridgehead atoms. The van der Waals surface area contributed by atoms with Crippen LogP contribution in [0.5, 0.6) is 11.6 Å². The lowest BCUT2D eigenvalue weighted by atomic mass is 10.1. The van der Waals surface area contributed by atoms with E-state index in [1.165, 1.54) is 0 Å². The number of likely N-dealkylation sites (N-methyl/N-ethyl adjacent to an activating group) is 1. The quantitative estimate of drug-likeness (QED) is 0.485. The third kappa shape index (κ3) is 6.46. The highest BCUT2D eigenvalue weighted by Gasteiger charge is 2.26. The van der Waals surface area contributed by atoms with Crippen LogP contribution in [0.2, 0.25) is 0 Å². The topological polar surface area (TPSA) is 66.9 Å². The summed E-state index contributed by atoms with van der Waals surface area (Å²) in [5, 5.41) is 3.20. The minimum Gasteiger partial charge on any atom is -0.486 e. The zero-order chi connectivity index (χ0) is 23.9. The Labute approximate surface area is 214 Å². The molecular formula is C27H34N4O3S. The molecule has 3 aromatic rings. The first-order chi connectivity index (χ1) is 16.6. The zero-order valence-corrected chi connectivity index (χ0v) is 21.5. The molecule has 0 unspecified atom stereocenters. The van der Waals surface area contributed by atoms with Crippen LogP contribution < -0.4 is 19.7 Å². The van der Waals surface area contributed by atoms with Crippen molar-refractivity contribution in [3.05, 3.63) is 83.6 Å². The van der Waals surface area contributed by atoms with E-state index in [0.717, 1.165) is 42.1 Å². The average Bonchev–Trinajstić information content (AvgIpc) is 2.99. The van der Waals surface area contributed by atoms with E-state index in [9.17, 15) is 4.79 Å². The number of carbonyl (C=O) groups excluding carboxylic acids is 1. The highest BCUT2D eigenvalue weighted by Crippen LogP contribution is 2.28. The van der Waals surface area contributed by atoms with Gasteiger partial charge in [-0.1, -0.05) is 42.5 Å². The van der Waals surface area contributed by atoms with Gasteiger partial charge in [0, 0.05) is 45.4 Å². The molecule has 1 aliphatic heterocycles. The maximum absolute atomic E-state index is 13.2. The molecule has 186 valence electrons. The van der Waals surface area contributed by atoms with Crippen LogP contribution in [-0.4, -0.2) is 56.6 Å². The highest BCUT2D eigenvalue weighted by atomic mass is 32.1. The smallest absolute Gasteiger partial charge is 0.257 e. The first-order valence-corrected chi connectivity index (χ1v) is 11.6. The van der Waals surface area contributed by atoms with Gasteiger partial charge in [-0.05, 0) is 36.9 Å². The molecule has 35 heavy (non-hydrogen) atoms. The molecule has 1 aromatic heterocycles. The SMILES string of the molecule is CNCC[C@H](Oc1ccc(CN2CCN(C)c3cc(OC)ncc3C2=O)cc1)c1ccccc1.S. The molecule has 8 heteroatoms. The van der Waals surface area contributed by atoms with E-state index < -0.39 is 0 Å². The molecule has 1 aliphatic rings. The Morgan fingerprint density at radius 1 is 1.09 bits per heavy atom. The van der Waals surface area contributed by atoms with Crippen LogP contribution in [0.4, 0.5) is 5.69 Å². The van der Waals surface area contributed by atoms with Crippen molar-refractivity contribution in [1.82, 2.24) is 15.2 Å². The number of pyridine rings is 1. The second kappa shape index (κ2) is 12.5. The van der Waals surface area contributed by atoms with E-state index in [1.807, 2.05) is 67.5 Å². The Hall–Kier alpha value is -3.23. The Morgan fingerprint density at radius 2 is 1.83 bits per heavy atom. The number of anilines is 1. The van der Waals surface area contributed by atoms with E-state index in [-0.39, 0.29) is 25.5 Å². The van der Waals surface area contributed by atoms with Gasteiger partial charge in [0.05, 0.1) is 18.4 Å². The fraction of sp³-hybridized carbons (Fsp3) is 0.333. The van der Waals surface area contributed by atoms with Gasteiger partial charge in [-0.3, -0.25) is 4.79 Å². The van der Waals surface area contributed by atoms with Crippen molar-refractivity contribution in [3.63, 3.8) is 0 Å². The number of rotatable bonds is 9. The summed E-state index contributed by atoms with van der Waals surface area (Å²) in [5.41, 5.74) is 3.65. The molecule has 2 heterocycles. The number of hydrogen-bond donors (Lipinski definition) is 1. The van der Waals surface area contributed by atoms with Crippen LogP contribution in [0.1, 0.15) is 34.0 Å². The Morgan fingerprint density at radius 3 is 2.51 bits per heavy atom. The summed E-state index contributed by atoms with van der Waals surface area (Å²) in [6.45, 7) is 2.76. The number of nitrogens with one attached hydrogen (secondary N) is 1. The fourth-order valence-electron chi connectivity index (χ4n) is 4.13. The summed E-state index contributed by atoms with van der Waals surface area (Å²) in [5.74, 6) is 1.30. The summed E-state index contributed by atoms with van der Waals surface area (Å²) in [7, 11) is 5.51. The number of benzene rings is 2. The van der Waals surface area contributed by atoms with Gasteiger partial charge in [-0.15, -0.1) is 0 Å². The summed E-state index contributed by atoms with van der Waals surface area (Å²) in [6, 6.07) is 20.1. The molecule has 7 nitrogen and oxygen atoms in total. The highest BCUT2D eigenvalue weighted by molar-refractivity contribution is 7.59. The minimum atomic E-state index is -0.0248. The lowest BCUT2D eigenvalue weighted by Crippen LogP contribution is -2.33. The summed E-state index contributed by atoms with van der Waals surface area (Å²) >= 11 is 0. The standard InChI is InChI=1S/C27H32N4O3.H2S/c1-28-14-13-25(21-7-5-4-6-8-21)34-22-11-9-20(10-12-22)19-31-16-15-30(2)24-17-26(33-3)29-18-23(24)27(31)32;/h4-12,17-18,25,28H,13-16,19H2,1-3H3;1H2/t25-;/m0./s1. The molecule has 2 aromatic carbocycles. The van der Waals surface area contributed by atoms with Crippen molar-refractivity contribution >= 4 is 25.1 Å². The summed E-state index contributed by atoms with van der Waals surface area (Å²) < 4.78 is 11.6. The van der Waals surface area contributed by atoms with Crippen LogP contribution in [0.25, 0.3) is 0 Å². The molecule has 0 saturated heterocycles. The van der Waals surface area contributed by atoms with E-state index in [1.54, 1.807) is 13.3 Å². The molecular weight excluding hydrogens is 460 g/mol. The van der Waals surface area contributed by atoms with Crippen molar-refractivity contribution in [3.8, 4) is 11.6 Å². The van der Waals surface area contributed by atoms with E-state index in [0.29, 0.717) is 24.5 Å². The van der Waals surface area contributed by atoms with Gasteiger partial charge in [-0.2, -0.15) is 13.5 Å². The third-order valence-electron chi connectivity index (χ3n) is 6.10. The van der Waals surface area contributed by atoms with Crippen molar-refractivity contribution in [1.29, 1.82) is 0 Å². The first-order valence-electron chi connectivity index (χ1n) is 11.6. The Balaban J connectivity index is 0.00000342. The van der Waals surface area contributed by atoms with Crippen LogP contribution in [0.15, 0.2) is 66.9 Å². The Kier molecular flexibility index (Phi) is 9.39. The fourth-order valence-corrected chi connectivity index (χ4v) is 4.13. The third-order valence-corrected chi connectivity index (χ3v) is 6.10. The summed E-state index contributed by atoms with van der Waals surface area (Å²) in [4.78, 5) is 21.4. The van der Waals surface area contributed by atoms with Crippen molar-refractivity contribution < 1.29 is 14.3 Å². The van der Waals surface area contributed by atoms with Crippen molar-refractivity contribution in [2.75, 3.05) is 45.7 Å². The number of hydrogen-bond acceptors (Lipinski definition) is 6. The van der Waals surface area contributed by atoms with E-state index >= 15 is 0 Å². The van der Waals surface area contributed by atoms with Crippen molar-refractivity contribution in [2.45, 2.75) is 19.1 Å². The molecule has 0 aliphatic carbocycles. The number of ether oxygens (including phenoxy) is 2. The molecule has 4 rings (SSSR count). The maximum atomic E-state index is 13.2. The van der Waals surface area contributed by atoms with Crippen LogP contribution in [0.3, 0.4) is 0 Å². The van der Waals surface area contributed by atoms with Gasteiger partial charge in [-0.25, -0.2) is 4.98 Å². The maximum Gasteiger partial charge on any atom is 0.257 e. The molecule has 0 radical (unpaired) electrons. The molecule has 1 N–H and O–H groups in total. The number of carbonyl (C=O) groups is 1. The number of methoxy groups -OCH3 is 1. The molecule has 0 spiro atoms. The number of aromatic nitrogens is 1. The Bertz CT molecular complexity index is 1100. The van der Waals surface area contributed by atoms with Gasteiger partial charge in [0.1, 0.15) is 11.9 Å². The monoisotopic (exact) mass is 494 g/mol. The van der Waals surface area contributed by atoms with E-state index in [2.05, 4.69) is 27.3 Å². The van der Waals surface area contributed by atoms with Gasteiger partial charge in [0.25, 0.3) is 5.91 Å². The van der Waals surface area contributed by atoms with Crippen LogP contribution in [0, 0.1) is 0 Å². The normalized spacial score (nSPS) is 14.0. The average molecular weight is 495 g/mol. The molecule has 1 amide bonds. The second-order valence-electron chi connectivity index (χ2n) is 8.45. The predicted octanol–water partition coefficient (Wildman–Crippen LogP) is 4.02.